The number of carbonyl (C=O) groups is 2. The van der Waals surface area contributed by atoms with Gasteiger partial charge < -0.3 is 13.9 Å². The fourth-order valence-corrected chi connectivity index (χ4v) is 3.44. The van der Waals surface area contributed by atoms with E-state index in [0.29, 0.717) is 30.2 Å². The maximum atomic E-state index is 12.7. The summed E-state index contributed by atoms with van der Waals surface area (Å²) in [4.78, 5) is 24.7. The Hall–Kier alpha value is -2.64. The molecular formula is C20H19ClN2O5. The zero-order valence-electron chi connectivity index (χ0n) is 15.0. The molecule has 3 heterocycles. The van der Waals surface area contributed by atoms with E-state index in [1.165, 1.54) is 5.01 Å². The van der Waals surface area contributed by atoms with Crippen molar-refractivity contribution >= 4 is 29.2 Å². The second-order valence-corrected chi connectivity index (χ2v) is 7.07. The SMILES string of the molecule is O=C(OCC(=O)N1N=C(c2ccc(Cl)cc2)C[C@@H]1c1ccco1)[C@@H]1CCCO1. The number of esters is 1. The van der Waals surface area contributed by atoms with Gasteiger partial charge >= 0.3 is 5.97 Å². The number of hydrazone groups is 1. The highest BCUT2D eigenvalue weighted by Crippen LogP contribution is 2.33. The van der Waals surface area contributed by atoms with Gasteiger partial charge in [-0.05, 0) is 42.7 Å². The number of hydrogen-bond acceptors (Lipinski definition) is 6. The van der Waals surface area contributed by atoms with Crippen molar-refractivity contribution in [1.82, 2.24) is 5.01 Å². The van der Waals surface area contributed by atoms with Gasteiger partial charge in [-0.1, -0.05) is 23.7 Å². The van der Waals surface area contributed by atoms with Crippen LogP contribution in [-0.4, -0.2) is 41.9 Å². The van der Waals surface area contributed by atoms with Gasteiger partial charge in [0.05, 0.1) is 12.0 Å². The molecule has 146 valence electrons. The lowest BCUT2D eigenvalue weighted by molar-refractivity contribution is -0.160. The van der Waals surface area contributed by atoms with E-state index in [2.05, 4.69) is 5.10 Å². The molecule has 1 saturated heterocycles. The highest BCUT2D eigenvalue weighted by molar-refractivity contribution is 6.30. The minimum atomic E-state index is -0.583. The second-order valence-electron chi connectivity index (χ2n) is 6.64. The van der Waals surface area contributed by atoms with Crippen molar-refractivity contribution in [2.24, 2.45) is 5.10 Å². The lowest BCUT2D eigenvalue weighted by Gasteiger charge is -2.20. The molecule has 0 unspecified atom stereocenters. The highest BCUT2D eigenvalue weighted by Gasteiger charge is 2.35. The Morgan fingerprint density at radius 2 is 2.07 bits per heavy atom. The number of nitrogens with zero attached hydrogens (tertiary/aromatic N) is 2. The summed E-state index contributed by atoms with van der Waals surface area (Å²) in [5.74, 6) is -0.315. The number of carbonyl (C=O) groups excluding carboxylic acids is 2. The standard InChI is InChI=1S/C20H19ClN2O5/c21-14-7-5-13(6-8-14)15-11-16(17-3-1-9-26-17)23(22-15)19(24)12-28-20(25)18-4-2-10-27-18/h1,3,5-9,16,18H,2,4,10-12H2/t16-,18+/m1/s1. The molecule has 4 rings (SSSR count). The third kappa shape index (κ3) is 3.95. The molecule has 0 saturated carbocycles. The van der Waals surface area contributed by atoms with Crippen LogP contribution >= 0.6 is 11.6 Å². The van der Waals surface area contributed by atoms with Gasteiger partial charge in [0.25, 0.3) is 5.91 Å². The number of furan rings is 1. The number of ether oxygens (including phenoxy) is 2. The van der Waals surface area contributed by atoms with Gasteiger partial charge in [0, 0.05) is 18.1 Å². The van der Waals surface area contributed by atoms with E-state index in [4.69, 9.17) is 25.5 Å². The van der Waals surface area contributed by atoms with Gasteiger partial charge in [-0.3, -0.25) is 4.79 Å². The molecule has 0 aliphatic carbocycles. The number of halogens is 1. The highest BCUT2D eigenvalue weighted by atomic mass is 35.5. The molecule has 0 N–H and O–H groups in total. The monoisotopic (exact) mass is 402 g/mol. The van der Waals surface area contributed by atoms with Crippen LogP contribution in [-0.2, 0) is 19.1 Å². The topological polar surface area (TPSA) is 81.3 Å². The second kappa shape index (κ2) is 8.16. The van der Waals surface area contributed by atoms with Crippen LogP contribution in [0.3, 0.4) is 0 Å². The van der Waals surface area contributed by atoms with Gasteiger partial charge in [0.1, 0.15) is 11.8 Å². The van der Waals surface area contributed by atoms with Gasteiger partial charge in [-0.2, -0.15) is 5.10 Å². The summed E-state index contributed by atoms with van der Waals surface area (Å²) < 4.78 is 15.9. The van der Waals surface area contributed by atoms with Crippen LogP contribution in [0.25, 0.3) is 0 Å². The van der Waals surface area contributed by atoms with Crippen LogP contribution < -0.4 is 0 Å². The summed E-state index contributed by atoms with van der Waals surface area (Å²) in [6.45, 7) is 0.141. The third-order valence-corrected chi connectivity index (χ3v) is 5.00. The molecule has 2 aliphatic rings. The minimum Gasteiger partial charge on any atom is -0.467 e. The first-order valence-electron chi connectivity index (χ1n) is 9.09. The zero-order chi connectivity index (χ0) is 19.5. The minimum absolute atomic E-state index is 0.394. The Bertz CT molecular complexity index is 873. The quantitative estimate of drug-likeness (QED) is 0.716. The average Bonchev–Trinajstić information content (AvgIpc) is 3.47. The molecule has 1 amide bonds. The maximum absolute atomic E-state index is 12.7. The van der Waals surface area contributed by atoms with E-state index in [-0.39, 0.29) is 0 Å². The molecule has 1 aromatic carbocycles. The fraction of sp³-hybridized carbons (Fsp3) is 0.350. The molecular weight excluding hydrogens is 384 g/mol. The molecule has 0 spiro atoms. The van der Waals surface area contributed by atoms with Crippen molar-refractivity contribution in [3.05, 3.63) is 59.0 Å². The molecule has 8 heteroatoms. The molecule has 0 radical (unpaired) electrons. The van der Waals surface area contributed by atoms with Crippen molar-refractivity contribution in [2.45, 2.75) is 31.4 Å². The normalized spacial score (nSPS) is 21.6. The molecule has 2 atom stereocenters. The number of rotatable bonds is 5. The average molecular weight is 403 g/mol. The van der Waals surface area contributed by atoms with E-state index < -0.39 is 30.6 Å². The van der Waals surface area contributed by atoms with E-state index in [1.54, 1.807) is 30.5 Å². The summed E-state index contributed by atoms with van der Waals surface area (Å²) in [7, 11) is 0. The van der Waals surface area contributed by atoms with Crippen molar-refractivity contribution in [2.75, 3.05) is 13.2 Å². The Labute approximate surface area is 166 Å². The molecule has 1 fully saturated rings. The molecule has 2 aliphatic heterocycles. The first-order chi connectivity index (χ1) is 13.6. The number of benzene rings is 1. The summed E-state index contributed by atoms with van der Waals surface area (Å²) in [5, 5.41) is 6.42. The van der Waals surface area contributed by atoms with Crippen LogP contribution in [0.15, 0.2) is 52.2 Å². The Kier molecular flexibility index (Phi) is 5.45. The predicted molar refractivity (Wildman–Crippen MR) is 101 cm³/mol. The van der Waals surface area contributed by atoms with E-state index in [1.807, 2.05) is 12.1 Å². The predicted octanol–water partition coefficient (Wildman–Crippen LogP) is 3.33. The van der Waals surface area contributed by atoms with Crippen LogP contribution in [0.4, 0.5) is 0 Å². The number of hydrogen-bond donors (Lipinski definition) is 0. The van der Waals surface area contributed by atoms with Gasteiger partial charge in [-0.15, -0.1) is 0 Å². The number of amides is 1. The van der Waals surface area contributed by atoms with Crippen LogP contribution in [0.2, 0.25) is 5.02 Å². The third-order valence-electron chi connectivity index (χ3n) is 4.75. The molecule has 7 nitrogen and oxygen atoms in total. The van der Waals surface area contributed by atoms with E-state index in [9.17, 15) is 9.59 Å². The molecule has 2 aromatic rings. The van der Waals surface area contributed by atoms with Crippen LogP contribution in [0.1, 0.15) is 36.6 Å². The summed E-state index contributed by atoms with van der Waals surface area (Å²) in [6.07, 6.45) is 2.89. The van der Waals surface area contributed by atoms with Gasteiger partial charge in [-0.25, -0.2) is 9.80 Å². The Morgan fingerprint density at radius 1 is 1.25 bits per heavy atom. The van der Waals surface area contributed by atoms with Crippen LogP contribution in [0.5, 0.6) is 0 Å². The van der Waals surface area contributed by atoms with E-state index in [0.717, 1.165) is 17.7 Å². The smallest absolute Gasteiger partial charge is 0.335 e. The summed E-state index contributed by atoms with van der Waals surface area (Å²) in [5.41, 5.74) is 1.60. The Morgan fingerprint density at radius 3 is 2.75 bits per heavy atom. The van der Waals surface area contributed by atoms with Gasteiger partial charge in [0.15, 0.2) is 12.7 Å². The largest absolute Gasteiger partial charge is 0.467 e. The van der Waals surface area contributed by atoms with E-state index >= 15 is 0 Å². The first kappa shape index (κ1) is 18.7. The lowest BCUT2D eigenvalue weighted by Crippen LogP contribution is -2.33. The summed E-state index contributed by atoms with van der Waals surface area (Å²) in [6, 6.07) is 10.4. The lowest BCUT2D eigenvalue weighted by atomic mass is 10.0. The molecule has 28 heavy (non-hydrogen) atoms. The van der Waals surface area contributed by atoms with Gasteiger partial charge in [0.2, 0.25) is 0 Å². The van der Waals surface area contributed by atoms with Crippen molar-refractivity contribution in [3.8, 4) is 0 Å². The van der Waals surface area contributed by atoms with Crippen molar-refractivity contribution in [1.29, 1.82) is 0 Å². The fourth-order valence-electron chi connectivity index (χ4n) is 3.32. The maximum Gasteiger partial charge on any atom is 0.335 e. The van der Waals surface area contributed by atoms with Crippen molar-refractivity contribution in [3.63, 3.8) is 0 Å². The molecule has 1 aromatic heterocycles. The first-order valence-corrected chi connectivity index (χ1v) is 9.47. The Balaban J connectivity index is 1.49. The molecule has 0 bridgehead atoms. The zero-order valence-corrected chi connectivity index (χ0v) is 15.8. The van der Waals surface area contributed by atoms with Crippen LogP contribution in [0, 0.1) is 0 Å². The van der Waals surface area contributed by atoms with Crippen molar-refractivity contribution < 1.29 is 23.5 Å². The summed E-state index contributed by atoms with van der Waals surface area (Å²) >= 11 is 5.95.